The van der Waals surface area contributed by atoms with Gasteiger partial charge in [0.15, 0.2) is 0 Å². The van der Waals surface area contributed by atoms with Gasteiger partial charge in [0.25, 0.3) is 0 Å². The quantitative estimate of drug-likeness (QED) is 0.779. The van der Waals surface area contributed by atoms with Crippen LogP contribution in [0.4, 0.5) is 0 Å². The first-order chi connectivity index (χ1) is 10.1. The molecule has 2 aliphatic rings. The Hall–Kier alpha value is -1.64. The Morgan fingerprint density at radius 3 is 2.76 bits per heavy atom. The van der Waals surface area contributed by atoms with E-state index in [0.717, 1.165) is 12.8 Å². The number of aliphatic carboxylic acids is 1. The van der Waals surface area contributed by atoms with E-state index < -0.39 is 11.9 Å². The van der Waals surface area contributed by atoms with Crippen molar-refractivity contribution in [2.24, 2.45) is 11.8 Å². The monoisotopic (exact) mass is 311 g/mol. The fourth-order valence-corrected chi connectivity index (χ4v) is 3.39. The number of hydrogen-bond acceptors (Lipinski definition) is 6. The van der Waals surface area contributed by atoms with Crippen LogP contribution in [0.25, 0.3) is 0 Å². The molecule has 1 aromatic rings. The average Bonchev–Trinajstić information content (AvgIpc) is 3.04. The van der Waals surface area contributed by atoms with Gasteiger partial charge in [-0.3, -0.25) is 9.59 Å². The molecular weight excluding hydrogens is 294 g/mol. The Kier molecular flexibility index (Phi) is 3.83. The Morgan fingerprint density at radius 2 is 2.14 bits per heavy atom. The highest BCUT2D eigenvalue weighted by Crippen LogP contribution is 2.36. The smallest absolute Gasteiger partial charge is 0.308 e. The lowest BCUT2D eigenvalue weighted by atomic mass is 9.99. The third-order valence-electron chi connectivity index (χ3n) is 3.96. The summed E-state index contributed by atoms with van der Waals surface area (Å²) in [7, 11) is 0. The van der Waals surface area contributed by atoms with Crippen LogP contribution in [0.2, 0.25) is 0 Å². The number of thioether (sulfide) groups is 1. The first-order valence-electron chi connectivity index (χ1n) is 6.97. The van der Waals surface area contributed by atoms with Gasteiger partial charge in [0, 0.05) is 13.1 Å². The third-order valence-corrected chi connectivity index (χ3v) is 4.88. The molecule has 0 spiro atoms. The lowest BCUT2D eigenvalue weighted by Crippen LogP contribution is -2.31. The molecule has 1 aliphatic carbocycles. The van der Waals surface area contributed by atoms with Gasteiger partial charge in [-0.25, -0.2) is 4.68 Å². The molecule has 0 aromatic carbocycles. The van der Waals surface area contributed by atoms with Crippen LogP contribution in [0.1, 0.15) is 25.8 Å². The molecule has 8 nitrogen and oxygen atoms in total. The molecule has 1 saturated heterocycles. The second kappa shape index (κ2) is 5.63. The Bertz CT molecular complexity index is 559. The molecule has 2 atom stereocenters. The summed E-state index contributed by atoms with van der Waals surface area (Å²) in [4.78, 5) is 24.9. The molecule has 114 valence electrons. The van der Waals surface area contributed by atoms with Gasteiger partial charge in [0.05, 0.1) is 17.7 Å². The number of nitrogens with zero attached hydrogens (tertiary/aromatic N) is 5. The number of hydrogen-bond donors (Lipinski definition) is 1. The van der Waals surface area contributed by atoms with Crippen LogP contribution >= 0.6 is 11.8 Å². The van der Waals surface area contributed by atoms with Crippen molar-refractivity contribution in [1.29, 1.82) is 0 Å². The van der Waals surface area contributed by atoms with E-state index in [0.29, 0.717) is 24.3 Å². The molecule has 1 aromatic heterocycles. The van der Waals surface area contributed by atoms with Gasteiger partial charge in [0.1, 0.15) is 0 Å². The summed E-state index contributed by atoms with van der Waals surface area (Å²) in [5, 5.41) is 21.3. The summed E-state index contributed by atoms with van der Waals surface area (Å²) in [6, 6.07) is 0.376. The molecule has 0 unspecified atom stereocenters. The first-order valence-corrected chi connectivity index (χ1v) is 7.96. The summed E-state index contributed by atoms with van der Waals surface area (Å²) < 4.78 is 1.77. The summed E-state index contributed by atoms with van der Waals surface area (Å²) in [6.07, 6.45) is 2.16. The van der Waals surface area contributed by atoms with E-state index in [1.54, 1.807) is 9.58 Å². The zero-order valence-corrected chi connectivity index (χ0v) is 12.5. The Labute approximate surface area is 125 Å². The molecule has 1 saturated carbocycles. The molecule has 1 N–H and O–H groups in total. The van der Waals surface area contributed by atoms with Crippen molar-refractivity contribution in [2.45, 2.75) is 31.0 Å². The summed E-state index contributed by atoms with van der Waals surface area (Å²) in [5.74, 6) is -1.11. The molecule has 0 bridgehead atoms. The summed E-state index contributed by atoms with van der Waals surface area (Å²) in [6.45, 7) is 2.67. The highest BCUT2D eigenvalue weighted by Gasteiger charge is 2.37. The van der Waals surface area contributed by atoms with E-state index in [1.807, 2.05) is 6.92 Å². The Morgan fingerprint density at radius 1 is 1.38 bits per heavy atom. The minimum atomic E-state index is -0.830. The van der Waals surface area contributed by atoms with Crippen LogP contribution in [0.3, 0.4) is 0 Å². The van der Waals surface area contributed by atoms with Crippen LogP contribution in [0, 0.1) is 11.8 Å². The van der Waals surface area contributed by atoms with Crippen molar-refractivity contribution in [3.05, 3.63) is 0 Å². The van der Waals surface area contributed by atoms with E-state index in [4.69, 9.17) is 5.11 Å². The largest absolute Gasteiger partial charge is 0.481 e. The van der Waals surface area contributed by atoms with Gasteiger partial charge in [-0.2, -0.15) is 0 Å². The predicted octanol–water partition coefficient (Wildman–Crippen LogP) is 0.279. The van der Waals surface area contributed by atoms with Gasteiger partial charge in [-0.15, -0.1) is 5.10 Å². The standard InChI is InChI=1S/C12H17N5O3S/c1-7-4-16(5-9(7)11(19)20)10(18)6-21-12-13-14-15-17(12)8-2-3-8/h7-9H,2-6H2,1H3,(H,19,20)/t7-,9-/m1/s1. The number of amides is 1. The van der Waals surface area contributed by atoms with Crippen molar-refractivity contribution in [2.75, 3.05) is 18.8 Å². The van der Waals surface area contributed by atoms with Crippen molar-refractivity contribution < 1.29 is 14.7 Å². The molecule has 9 heteroatoms. The fraction of sp³-hybridized carbons (Fsp3) is 0.750. The van der Waals surface area contributed by atoms with Gasteiger partial charge < -0.3 is 10.0 Å². The van der Waals surface area contributed by atoms with Crippen LogP contribution < -0.4 is 0 Å². The van der Waals surface area contributed by atoms with Crippen LogP contribution in [0.15, 0.2) is 5.16 Å². The molecule has 1 amide bonds. The molecule has 0 radical (unpaired) electrons. The number of likely N-dealkylation sites (tertiary alicyclic amines) is 1. The summed E-state index contributed by atoms with van der Waals surface area (Å²) >= 11 is 1.32. The Balaban J connectivity index is 1.55. The minimum absolute atomic E-state index is 0.00627. The van der Waals surface area contributed by atoms with Gasteiger partial charge >= 0.3 is 5.97 Å². The number of aromatic nitrogens is 4. The molecule has 3 rings (SSSR count). The molecule has 21 heavy (non-hydrogen) atoms. The fourth-order valence-electron chi connectivity index (χ4n) is 2.54. The van der Waals surface area contributed by atoms with Crippen LogP contribution in [-0.4, -0.2) is 60.9 Å². The number of carboxylic acids is 1. The number of carbonyl (C=O) groups excluding carboxylic acids is 1. The number of rotatable bonds is 5. The number of carboxylic acid groups (broad SMARTS) is 1. The maximum Gasteiger partial charge on any atom is 0.308 e. The second-order valence-electron chi connectivity index (χ2n) is 5.65. The number of tetrazole rings is 1. The topological polar surface area (TPSA) is 101 Å². The highest BCUT2D eigenvalue weighted by molar-refractivity contribution is 7.99. The zero-order chi connectivity index (χ0) is 15.0. The van der Waals surface area contributed by atoms with Crippen LogP contribution in [0.5, 0.6) is 0 Å². The van der Waals surface area contributed by atoms with Gasteiger partial charge in [0.2, 0.25) is 11.1 Å². The van der Waals surface area contributed by atoms with Crippen molar-refractivity contribution in [1.82, 2.24) is 25.1 Å². The average molecular weight is 311 g/mol. The zero-order valence-electron chi connectivity index (χ0n) is 11.7. The molecular formula is C12H17N5O3S. The van der Waals surface area contributed by atoms with E-state index in [9.17, 15) is 9.59 Å². The highest BCUT2D eigenvalue weighted by atomic mass is 32.2. The van der Waals surface area contributed by atoms with Gasteiger partial charge in [-0.1, -0.05) is 18.7 Å². The SMILES string of the molecule is C[C@@H]1CN(C(=O)CSc2nnnn2C2CC2)C[C@H]1C(=O)O. The van der Waals surface area contributed by atoms with E-state index >= 15 is 0 Å². The van der Waals surface area contributed by atoms with Crippen molar-refractivity contribution in [3.8, 4) is 0 Å². The lowest BCUT2D eigenvalue weighted by molar-refractivity contribution is -0.142. The first kappa shape index (κ1) is 14.3. The van der Waals surface area contributed by atoms with Crippen molar-refractivity contribution >= 4 is 23.6 Å². The van der Waals surface area contributed by atoms with Crippen LogP contribution in [-0.2, 0) is 9.59 Å². The van der Waals surface area contributed by atoms with E-state index in [2.05, 4.69) is 15.5 Å². The third kappa shape index (κ3) is 3.02. The van der Waals surface area contributed by atoms with E-state index in [-0.39, 0.29) is 17.6 Å². The van der Waals surface area contributed by atoms with Gasteiger partial charge in [-0.05, 0) is 29.2 Å². The molecule has 1 aliphatic heterocycles. The van der Waals surface area contributed by atoms with Crippen molar-refractivity contribution in [3.63, 3.8) is 0 Å². The maximum atomic E-state index is 12.2. The lowest BCUT2D eigenvalue weighted by Gasteiger charge is -2.15. The molecule has 2 heterocycles. The van der Waals surface area contributed by atoms with E-state index in [1.165, 1.54) is 11.8 Å². The maximum absolute atomic E-state index is 12.2. The summed E-state index contributed by atoms with van der Waals surface area (Å²) in [5.41, 5.74) is 0. The molecule has 2 fully saturated rings. The second-order valence-corrected chi connectivity index (χ2v) is 6.59. The predicted molar refractivity (Wildman–Crippen MR) is 73.7 cm³/mol. The normalized spacial score (nSPS) is 25.3. The minimum Gasteiger partial charge on any atom is -0.481 e. The number of carbonyl (C=O) groups is 2.